The van der Waals surface area contributed by atoms with Crippen LogP contribution in [0.25, 0.3) is 10.9 Å². The van der Waals surface area contributed by atoms with Gasteiger partial charge in [-0.25, -0.2) is 18.0 Å². The van der Waals surface area contributed by atoms with Gasteiger partial charge in [-0.15, -0.1) is 0 Å². The monoisotopic (exact) mass is 423 g/mol. The number of aromatic nitrogens is 2. The van der Waals surface area contributed by atoms with E-state index in [0.29, 0.717) is 17.4 Å². The van der Waals surface area contributed by atoms with Crippen LogP contribution in [0.15, 0.2) is 12.1 Å². The van der Waals surface area contributed by atoms with Crippen molar-refractivity contribution in [3.8, 4) is 0 Å². The van der Waals surface area contributed by atoms with Crippen molar-refractivity contribution < 1.29 is 22.8 Å². The molecule has 3 amide bonds. The van der Waals surface area contributed by atoms with E-state index >= 15 is 4.39 Å². The van der Waals surface area contributed by atoms with Crippen LogP contribution in [0.4, 0.5) is 23.8 Å². The standard InChI is InChI=1S/C20H24F3N5O2/c1-11(2)27-6-4-14(20(22,23)10-27)12-9-16-13(8-15(12)21)18(25-26(16)3)28-7-5-17(29)24-19(28)30/h8-9,11,14H,4-7,10H2,1-3H3,(H,24,29,30). The molecular formula is C20H24F3N5O2. The molecule has 1 aromatic heterocycles. The first kappa shape index (κ1) is 20.6. The lowest BCUT2D eigenvalue weighted by Gasteiger charge is -2.40. The highest BCUT2D eigenvalue weighted by molar-refractivity contribution is 6.08. The number of fused-ring (bicyclic) bond motifs is 1. The number of alkyl halides is 2. The number of piperidine rings is 1. The van der Waals surface area contributed by atoms with Gasteiger partial charge < -0.3 is 0 Å². The molecule has 2 aliphatic heterocycles. The second kappa shape index (κ2) is 7.26. The Kier molecular flexibility index (Phi) is 5.00. The molecule has 1 atom stereocenters. The fourth-order valence-electron chi connectivity index (χ4n) is 4.30. The molecule has 2 aromatic rings. The molecule has 2 saturated heterocycles. The van der Waals surface area contributed by atoms with Crippen molar-refractivity contribution in [3.63, 3.8) is 0 Å². The minimum atomic E-state index is -3.06. The van der Waals surface area contributed by atoms with Gasteiger partial charge in [0.1, 0.15) is 5.82 Å². The number of hydrogen-bond acceptors (Lipinski definition) is 4. The van der Waals surface area contributed by atoms with Crippen molar-refractivity contribution in [2.45, 2.75) is 44.6 Å². The summed E-state index contributed by atoms with van der Waals surface area (Å²) in [7, 11) is 1.61. The van der Waals surface area contributed by atoms with Crippen LogP contribution < -0.4 is 10.2 Å². The molecule has 2 fully saturated rings. The van der Waals surface area contributed by atoms with Gasteiger partial charge >= 0.3 is 6.03 Å². The van der Waals surface area contributed by atoms with Crippen molar-refractivity contribution in [2.75, 3.05) is 24.5 Å². The Balaban J connectivity index is 1.73. The van der Waals surface area contributed by atoms with Gasteiger partial charge in [0.2, 0.25) is 5.91 Å². The van der Waals surface area contributed by atoms with Gasteiger partial charge in [-0.2, -0.15) is 5.10 Å². The van der Waals surface area contributed by atoms with E-state index in [4.69, 9.17) is 0 Å². The Labute approximate surface area is 171 Å². The van der Waals surface area contributed by atoms with Crippen molar-refractivity contribution in [2.24, 2.45) is 7.05 Å². The smallest absolute Gasteiger partial charge is 0.295 e. The zero-order valence-electron chi connectivity index (χ0n) is 17.1. The van der Waals surface area contributed by atoms with Crippen LogP contribution in [0.2, 0.25) is 0 Å². The second-order valence-corrected chi connectivity index (χ2v) is 8.26. The van der Waals surface area contributed by atoms with Gasteiger partial charge in [-0.1, -0.05) is 0 Å². The number of likely N-dealkylation sites (tertiary alicyclic amines) is 1. The average molecular weight is 423 g/mol. The minimum Gasteiger partial charge on any atom is -0.295 e. The molecule has 10 heteroatoms. The average Bonchev–Trinajstić information content (AvgIpc) is 2.96. The summed E-state index contributed by atoms with van der Waals surface area (Å²) in [4.78, 5) is 26.5. The van der Waals surface area contributed by atoms with Crippen LogP contribution in [-0.2, 0) is 11.8 Å². The number of imide groups is 1. The molecule has 4 rings (SSSR count). The molecule has 1 aromatic carbocycles. The summed E-state index contributed by atoms with van der Waals surface area (Å²) in [5, 5.41) is 6.84. The molecule has 0 bridgehead atoms. The minimum absolute atomic E-state index is 0.00800. The topological polar surface area (TPSA) is 70.5 Å². The van der Waals surface area contributed by atoms with Gasteiger partial charge in [0, 0.05) is 31.4 Å². The lowest BCUT2D eigenvalue weighted by Crippen LogP contribution is -2.50. The molecule has 1 N–H and O–H groups in total. The summed E-state index contributed by atoms with van der Waals surface area (Å²) in [6.45, 7) is 3.90. The highest BCUT2D eigenvalue weighted by Crippen LogP contribution is 2.43. The lowest BCUT2D eigenvalue weighted by atomic mass is 9.85. The third-order valence-corrected chi connectivity index (χ3v) is 5.99. The molecule has 1 unspecified atom stereocenters. The third-order valence-electron chi connectivity index (χ3n) is 5.99. The van der Waals surface area contributed by atoms with Crippen LogP contribution in [0, 0.1) is 5.82 Å². The molecular weight excluding hydrogens is 399 g/mol. The maximum atomic E-state index is 15.1. The van der Waals surface area contributed by atoms with Crippen molar-refractivity contribution in [1.82, 2.24) is 20.0 Å². The third kappa shape index (κ3) is 3.42. The van der Waals surface area contributed by atoms with E-state index in [1.54, 1.807) is 11.9 Å². The zero-order valence-corrected chi connectivity index (χ0v) is 17.1. The van der Waals surface area contributed by atoms with Gasteiger partial charge in [0.25, 0.3) is 5.92 Å². The Morgan fingerprint density at radius 3 is 2.60 bits per heavy atom. The van der Waals surface area contributed by atoms with Crippen molar-refractivity contribution in [1.29, 1.82) is 0 Å². The molecule has 0 aliphatic carbocycles. The Morgan fingerprint density at radius 1 is 1.23 bits per heavy atom. The van der Waals surface area contributed by atoms with Crippen LogP contribution in [0.3, 0.4) is 0 Å². The molecule has 3 heterocycles. The maximum Gasteiger partial charge on any atom is 0.329 e. The largest absolute Gasteiger partial charge is 0.329 e. The maximum absolute atomic E-state index is 15.1. The second-order valence-electron chi connectivity index (χ2n) is 8.26. The first-order valence-electron chi connectivity index (χ1n) is 9.98. The number of carbonyl (C=O) groups excluding carboxylic acids is 2. The van der Waals surface area contributed by atoms with Gasteiger partial charge in [-0.05, 0) is 44.5 Å². The molecule has 2 aliphatic rings. The van der Waals surface area contributed by atoms with Crippen LogP contribution in [0.1, 0.15) is 38.2 Å². The molecule has 162 valence electrons. The molecule has 30 heavy (non-hydrogen) atoms. The molecule has 7 nitrogen and oxygen atoms in total. The molecule has 0 spiro atoms. The SMILES string of the molecule is CC(C)N1CCC(c2cc3c(cc2F)c(N2CCC(=O)NC2=O)nn3C)C(F)(F)C1. The van der Waals surface area contributed by atoms with E-state index in [1.807, 2.05) is 13.8 Å². The van der Waals surface area contributed by atoms with Crippen LogP contribution in [0.5, 0.6) is 0 Å². The summed E-state index contributed by atoms with van der Waals surface area (Å²) < 4.78 is 46.3. The zero-order chi connectivity index (χ0) is 21.8. The van der Waals surface area contributed by atoms with E-state index in [0.717, 1.165) is 0 Å². The summed E-state index contributed by atoms with van der Waals surface area (Å²) in [6, 6.07) is 1.94. The highest BCUT2D eigenvalue weighted by Gasteiger charge is 2.47. The van der Waals surface area contributed by atoms with E-state index < -0.39 is 30.2 Å². The first-order chi connectivity index (χ1) is 14.1. The summed E-state index contributed by atoms with van der Waals surface area (Å²) >= 11 is 0. The number of anilines is 1. The number of aryl methyl sites for hydroxylation is 1. The van der Waals surface area contributed by atoms with Gasteiger partial charge in [-0.3, -0.25) is 24.6 Å². The highest BCUT2D eigenvalue weighted by atomic mass is 19.3. The van der Waals surface area contributed by atoms with E-state index in [1.165, 1.54) is 21.7 Å². The Morgan fingerprint density at radius 2 is 1.97 bits per heavy atom. The predicted molar refractivity (Wildman–Crippen MR) is 105 cm³/mol. The van der Waals surface area contributed by atoms with Crippen LogP contribution in [-0.4, -0.2) is 58.2 Å². The number of amides is 3. The predicted octanol–water partition coefficient (Wildman–Crippen LogP) is 2.99. The quantitative estimate of drug-likeness (QED) is 0.824. The van der Waals surface area contributed by atoms with Gasteiger partial charge in [0.15, 0.2) is 5.82 Å². The molecule has 0 radical (unpaired) electrons. The number of nitrogens with one attached hydrogen (secondary N) is 1. The van der Waals surface area contributed by atoms with E-state index in [2.05, 4.69) is 10.4 Å². The fourth-order valence-corrected chi connectivity index (χ4v) is 4.30. The molecule has 0 saturated carbocycles. The van der Waals surface area contributed by atoms with Crippen LogP contribution >= 0.6 is 0 Å². The Bertz CT molecular complexity index is 1020. The number of nitrogens with zero attached hydrogens (tertiary/aromatic N) is 4. The number of benzene rings is 1. The number of urea groups is 1. The lowest BCUT2D eigenvalue weighted by molar-refractivity contribution is -0.120. The number of hydrogen-bond donors (Lipinski definition) is 1. The van der Waals surface area contributed by atoms with Crippen molar-refractivity contribution >= 4 is 28.7 Å². The van der Waals surface area contributed by atoms with E-state index in [-0.39, 0.29) is 42.7 Å². The summed E-state index contributed by atoms with van der Waals surface area (Å²) in [6.07, 6.45) is 0.250. The number of carbonyl (C=O) groups is 2. The van der Waals surface area contributed by atoms with Gasteiger partial charge in [0.05, 0.1) is 18.0 Å². The summed E-state index contributed by atoms with van der Waals surface area (Å²) in [5.74, 6) is -5.23. The number of halogens is 3. The summed E-state index contributed by atoms with van der Waals surface area (Å²) in [5.41, 5.74) is 0.414. The Hall–Kier alpha value is -2.62. The number of rotatable bonds is 3. The normalized spacial score (nSPS) is 22.8. The van der Waals surface area contributed by atoms with Crippen molar-refractivity contribution in [3.05, 3.63) is 23.5 Å². The van der Waals surface area contributed by atoms with E-state index in [9.17, 15) is 18.4 Å². The fraction of sp³-hybridized carbons (Fsp3) is 0.550. The first-order valence-corrected chi connectivity index (χ1v) is 9.98.